The zero-order chi connectivity index (χ0) is 11.4. The van der Waals surface area contributed by atoms with Crippen LogP contribution < -0.4 is 10.6 Å². The number of unbranched alkanes of at least 4 members (excludes halogenated alkanes) is 1. The van der Waals surface area contributed by atoms with Crippen LogP contribution in [0.2, 0.25) is 0 Å². The molecule has 0 atom stereocenters. The summed E-state index contributed by atoms with van der Waals surface area (Å²) in [6, 6.07) is 8.11. The Labute approximate surface area is 95.8 Å². The molecule has 0 aliphatic carbocycles. The van der Waals surface area contributed by atoms with E-state index in [1.54, 1.807) is 0 Å². The average molecular weight is 218 g/mol. The Kier molecular flexibility index (Phi) is 3.47. The van der Waals surface area contributed by atoms with E-state index in [0.29, 0.717) is 0 Å². The topological polar surface area (TPSA) is 42.4 Å². The van der Waals surface area contributed by atoms with Crippen molar-refractivity contribution in [2.75, 3.05) is 25.0 Å². The number of hydrogen-bond acceptors (Lipinski definition) is 3. The summed E-state index contributed by atoms with van der Waals surface area (Å²) in [6.45, 7) is 1.78. The van der Waals surface area contributed by atoms with Gasteiger partial charge in [-0.15, -0.1) is 0 Å². The maximum Gasteiger partial charge on any atom is 0.136 e. The van der Waals surface area contributed by atoms with E-state index in [2.05, 4.69) is 18.0 Å². The number of furan rings is 1. The van der Waals surface area contributed by atoms with Crippen LogP contribution in [0.1, 0.15) is 12.8 Å². The molecule has 0 saturated heterocycles. The second-order valence-corrected chi connectivity index (χ2v) is 4.03. The Morgan fingerprint density at radius 3 is 2.88 bits per heavy atom. The minimum Gasteiger partial charge on any atom is -0.462 e. The molecule has 0 saturated carbocycles. The molecule has 0 bridgehead atoms. The molecule has 0 fully saturated rings. The largest absolute Gasteiger partial charge is 0.462 e. The SMILES string of the molecule is CN(CCCCN)c1coc2ccccc12. The van der Waals surface area contributed by atoms with Crippen molar-refractivity contribution in [2.24, 2.45) is 5.73 Å². The fraction of sp³-hybridized carbons (Fsp3) is 0.385. The van der Waals surface area contributed by atoms with Crippen LogP contribution >= 0.6 is 0 Å². The van der Waals surface area contributed by atoms with Gasteiger partial charge in [-0.3, -0.25) is 0 Å². The predicted octanol–water partition coefficient (Wildman–Crippen LogP) is 2.61. The maximum atomic E-state index is 5.51. The second kappa shape index (κ2) is 5.03. The number of fused-ring (bicyclic) bond motifs is 1. The van der Waals surface area contributed by atoms with Crippen LogP contribution in [0, 0.1) is 0 Å². The smallest absolute Gasteiger partial charge is 0.136 e. The van der Waals surface area contributed by atoms with Gasteiger partial charge in [0.2, 0.25) is 0 Å². The fourth-order valence-corrected chi connectivity index (χ4v) is 1.87. The van der Waals surface area contributed by atoms with Gasteiger partial charge >= 0.3 is 0 Å². The van der Waals surface area contributed by atoms with E-state index in [0.717, 1.165) is 37.2 Å². The zero-order valence-electron chi connectivity index (χ0n) is 9.65. The summed E-state index contributed by atoms with van der Waals surface area (Å²) in [5.74, 6) is 0. The summed E-state index contributed by atoms with van der Waals surface area (Å²) in [4.78, 5) is 2.22. The summed E-state index contributed by atoms with van der Waals surface area (Å²) in [7, 11) is 2.09. The summed E-state index contributed by atoms with van der Waals surface area (Å²) in [5.41, 5.74) is 7.59. The van der Waals surface area contributed by atoms with Gasteiger partial charge in [0.05, 0.1) is 5.69 Å². The molecule has 2 rings (SSSR count). The molecule has 1 heterocycles. The molecular formula is C13H18N2O. The van der Waals surface area contributed by atoms with E-state index in [4.69, 9.17) is 10.2 Å². The van der Waals surface area contributed by atoms with Crippen LogP contribution in [0.5, 0.6) is 0 Å². The van der Waals surface area contributed by atoms with Crippen molar-refractivity contribution in [1.82, 2.24) is 0 Å². The number of rotatable bonds is 5. The molecular weight excluding hydrogens is 200 g/mol. The Bertz CT molecular complexity index is 450. The highest BCUT2D eigenvalue weighted by Gasteiger charge is 2.08. The molecule has 0 aliphatic heterocycles. The van der Waals surface area contributed by atoms with E-state index in [9.17, 15) is 0 Å². The number of nitrogens with two attached hydrogens (primary N) is 1. The van der Waals surface area contributed by atoms with Crippen LogP contribution in [0.15, 0.2) is 34.9 Å². The summed E-state index contributed by atoms with van der Waals surface area (Å²) in [5, 5.41) is 1.18. The van der Waals surface area contributed by atoms with E-state index >= 15 is 0 Å². The molecule has 1 aromatic heterocycles. The lowest BCUT2D eigenvalue weighted by atomic mass is 10.2. The predicted molar refractivity (Wildman–Crippen MR) is 67.8 cm³/mol. The summed E-state index contributed by atoms with van der Waals surface area (Å²) >= 11 is 0. The van der Waals surface area contributed by atoms with Crippen molar-refractivity contribution in [3.63, 3.8) is 0 Å². The molecule has 0 aliphatic rings. The molecule has 0 amide bonds. The molecule has 0 unspecified atom stereocenters. The number of benzene rings is 1. The first-order valence-electron chi connectivity index (χ1n) is 5.70. The Balaban J connectivity index is 2.13. The lowest BCUT2D eigenvalue weighted by Gasteiger charge is -2.17. The quantitative estimate of drug-likeness (QED) is 0.784. The zero-order valence-corrected chi connectivity index (χ0v) is 9.65. The Hall–Kier alpha value is -1.48. The Morgan fingerprint density at radius 2 is 2.06 bits per heavy atom. The van der Waals surface area contributed by atoms with E-state index in [-0.39, 0.29) is 0 Å². The van der Waals surface area contributed by atoms with Crippen molar-refractivity contribution in [1.29, 1.82) is 0 Å². The lowest BCUT2D eigenvalue weighted by molar-refractivity contribution is 0.613. The van der Waals surface area contributed by atoms with Gasteiger partial charge in [0.25, 0.3) is 0 Å². The van der Waals surface area contributed by atoms with Gasteiger partial charge in [0, 0.05) is 19.0 Å². The molecule has 1 aromatic carbocycles. The lowest BCUT2D eigenvalue weighted by Crippen LogP contribution is -2.18. The minimum atomic E-state index is 0.764. The first-order valence-corrected chi connectivity index (χ1v) is 5.70. The van der Waals surface area contributed by atoms with Crippen LogP contribution in [0.25, 0.3) is 11.0 Å². The minimum absolute atomic E-state index is 0.764. The highest BCUT2D eigenvalue weighted by Crippen LogP contribution is 2.27. The highest BCUT2D eigenvalue weighted by atomic mass is 16.3. The summed E-state index contributed by atoms with van der Waals surface area (Å²) in [6.07, 6.45) is 4.01. The van der Waals surface area contributed by atoms with Crippen molar-refractivity contribution >= 4 is 16.7 Å². The fourth-order valence-electron chi connectivity index (χ4n) is 1.87. The highest BCUT2D eigenvalue weighted by molar-refractivity contribution is 5.90. The average Bonchev–Trinajstić information content (AvgIpc) is 2.73. The molecule has 3 nitrogen and oxygen atoms in total. The van der Waals surface area contributed by atoms with Gasteiger partial charge in [0.1, 0.15) is 11.8 Å². The van der Waals surface area contributed by atoms with Gasteiger partial charge < -0.3 is 15.1 Å². The number of para-hydroxylation sites is 1. The molecule has 3 heteroatoms. The molecule has 0 radical (unpaired) electrons. The van der Waals surface area contributed by atoms with Crippen LogP contribution in [0.4, 0.5) is 5.69 Å². The third-order valence-electron chi connectivity index (χ3n) is 2.82. The molecule has 0 spiro atoms. The molecule has 86 valence electrons. The van der Waals surface area contributed by atoms with Gasteiger partial charge in [-0.2, -0.15) is 0 Å². The second-order valence-electron chi connectivity index (χ2n) is 4.03. The van der Waals surface area contributed by atoms with Crippen molar-refractivity contribution < 1.29 is 4.42 Å². The number of nitrogens with zero attached hydrogens (tertiary/aromatic N) is 1. The van der Waals surface area contributed by atoms with Crippen LogP contribution in [0.3, 0.4) is 0 Å². The number of anilines is 1. The van der Waals surface area contributed by atoms with Crippen molar-refractivity contribution in [3.8, 4) is 0 Å². The monoisotopic (exact) mass is 218 g/mol. The third-order valence-corrected chi connectivity index (χ3v) is 2.82. The van der Waals surface area contributed by atoms with Gasteiger partial charge in [0.15, 0.2) is 0 Å². The van der Waals surface area contributed by atoms with Crippen LogP contribution in [-0.2, 0) is 0 Å². The van der Waals surface area contributed by atoms with Gasteiger partial charge in [-0.05, 0) is 31.5 Å². The normalized spacial score (nSPS) is 10.9. The van der Waals surface area contributed by atoms with E-state index < -0.39 is 0 Å². The first kappa shape index (κ1) is 11.0. The van der Waals surface area contributed by atoms with E-state index in [1.807, 2.05) is 24.5 Å². The molecule has 2 N–H and O–H groups in total. The summed E-state index contributed by atoms with van der Waals surface area (Å²) < 4.78 is 5.51. The maximum absolute atomic E-state index is 5.51. The van der Waals surface area contributed by atoms with Crippen molar-refractivity contribution in [3.05, 3.63) is 30.5 Å². The molecule has 16 heavy (non-hydrogen) atoms. The van der Waals surface area contributed by atoms with Gasteiger partial charge in [-0.1, -0.05) is 12.1 Å². The standard InChI is InChI=1S/C13H18N2O/c1-15(9-5-4-8-14)12-10-16-13-7-3-2-6-11(12)13/h2-3,6-7,10H,4-5,8-9,14H2,1H3. The van der Waals surface area contributed by atoms with Gasteiger partial charge in [-0.25, -0.2) is 0 Å². The van der Waals surface area contributed by atoms with Crippen LogP contribution in [-0.4, -0.2) is 20.1 Å². The first-order chi connectivity index (χ1) is 7.83. The molecule has 2 aromatic rings. The third kappa shape index (κ3) is 2.19. The van der Waals surface area contributed by atoms with Crippen molar-refractivity contribution in [2.45, 2.75) is 12.8 Å². The number of hydrogen-bond donors (Lipinski definition) is 1. The van der Waals surface area contributed by atoms with E-state index in [1.165, 1.54) is 5.39 Å². The Morgan fingerprint density at radius 1 is 1.25 bits per heavy atom.